The predicted molar refractivity (Wildman–Crippen MR) is 95.4 cm³/mol. The Morgan fingerprint density at radius 1 is 1.21 bits per heavy atom. The number of nitrogens with one attached hydrogen (secondary N) is 2. The molecule has 0 bridgehead atoms. The average molecular weight is 349 g/mol. The quantitative estimate of drug-likeness (QED) is 0.672. The zero-order chi connectivity index (χ0) is 17.6. The number of benzene rings is 1. The van der Waals surface area contributed by atoms with Crippen molar-refractivity contribution >= 4 is 21.8 Å². The molecule has 0 aliphatic carbocycles. The molecule has 130 valence electrons. The smallest absolute Gasteiger partial charge is 0.238 e. The summed E-state index contributed by atoms with van der Waals surface area (Å²) >= 11 is 0. The van der Waals surface area contributed by atoms with E-state index in [-0.39, 0.29) is 4.90 Å². The van der Waals surface area contributed by atoms with Crippen LogP contribution in [0.5, 0.6) is 0 Å². The molecule has 1 unspecified atom stereocenters. The van der Waals surface area contributed by atoms with Crippen LogP contribution in [0.3, 0.4) is 0 Å². The highest BCUT2D eigenvalue weighted by atomic mass is 32.2. The first-order valence-corrected chi connectivity index (χ1v) is 9.38. The number of anilines is 2. The van der Waals surface area contributed by atoms with Crippen molar-refractivity contribution < 1.29 is 8.42 Å². The van der Waals surface area contributed by atoms with Crippen molar-refractivity contribution in [2.24, 2.45) is 5.14 Å². The maximum atomic E-state index is 11.2. The highest BCUT2D eigenvalue weighted by Gasteiger charge is 2.07. The lowest BCUT2D eigenvalue weighted by Crippen LogP contribution is -2.16. The molecule has 4 N–H and O–H groups in total. The molecule has 7 nitrogen and oxygen atoms in total. The second kappa shape index (κ2) is 8.07. The van der Waals surface area contributed by atoms with E-state index in [1.54, 1.807) is 18.3 Å². The van der Waals surface area contributed by atoms with Crippen LogP contribution in [0.15, 0.2) is 41.4 Å². The summed E-state index contributed by atoms with van der Waals surface area (Å²) in [7, 11) is -3.64. The Bertz CT molecular complexity index is 762. The second-order valence-electron chi connectivity index (χ2n) is 5.58. The SMILES string of the molecule is CCC(C)Nc1nccc(NCCc2ccc(S(N)(=O)=O)cc2)n1. The van der Waals surface area contributed by atoms with E-state index in [0.29, 0.717) is 18.5 Å². The molecule has 2 rings (SSSR count). The fourth-order valence-electron chi connectivity index (χ4n) is 2.03. The molecule has 2 aromatic rings. The van der Waals surface area contributed by atoms with Crippen molar-refractivity contribution in [3.63, 3.8) is 0 Å². The first-order valence-electron chi connectivity index (χ1n) is 7.83. The highest BCUT2D eigenvalue weighted by Crippen LogP contribution is 2.11. The fourth-order valence-corrected chi connectivity index (χ4v) is 2.55. The lowest BCUT2D eigenvalue weighted by molar-refractivity contribution is 0.598. The number of aromatic nitrogens is 2. The number of nitrogens with zero attached hydrogens (tertiary/aromatic N) is 2. The monoisotopic (exact) mass is 349 g/mol. The van der Waals surface area contributed by atoms with Crippen LogP contribution in [0.2, 0.25) is 0 Å². The minimum Gasteiger partial charge on any atom is -0.370 e. The third kappa shape index (κ3) is 5.47. The molecule has 8 heteroatoms. The van der Waals surface area contributed by atoms with E-state index in [1.807, 2.05) is 6.07 Å². The van der Waals surface area contributed by atoms with Crippen LogP contribution in [0.4, 0.5) is 11.8 Å². The Hall–Kier alpha value is -2.19. The van der Waals surface area contributed by atoms with Crippen LogP contribution in [-0.2, 0) is 16.4 Å². The molecule has 0 fully saturated rings. The maximum Gasteiger partial charge on any atom is 0.238 e. The van der Waals surface area contributed by atoms with Crippen molar-refractivity contribution in [3.8, 4) is 0 Å². The summed E-state index contributed by atoms with van der Waals surface area (Å²) in [4.78, 5) is 8.73. The Kier molecular flexibility index (Phi) is 6.10. The van der Waals surface area contributed by atoms with Crippen LogP contribution < -0.4 is 15.8 Å². The van der Waals surface area contributed by atoms with Crippen molar-refractivity contribution in [3.05, 3.63) is 42.1 Å². The van der Waals surface area contributed by atoms with Gasteiger partial charge in [0.25, 0.3) is 0 Å². The summed E-state index contributed by atoms with van der Waals surface area (Å²) in [5, 5.41) is 11.5. The van der Waals surface area contributed by atoms with Crippen molar-refractivity contribution in [1.29, 1.82) is 0 Å². The molecule has 0 aliphatic heterocycles. The van der Waals surface area contributed by atoms with Gasteiger partial charge < -0.3 is 10.6 Å². The minimum absolute atomic E-state index is 0.121. The molecule has 0 radical (unpaired) electrons. The standard InChI is InChI=1S/C16H23N5O2S/c1-3-12(2)20-16-19-11-9-15(21-16)18-10-8-13-4-6-14(7-5-13)24(17,22)23/h4-7,9,11-12H,3,8,10H2,1-2H3,(H2,17,22,23)(H2,18,19,20,21). The van der Waals surface area contributed by atoms with Gasteiger partial charge in [0.2, 0.25) is 16.0 Å². The number of rotatable bonds is 8. The molecule has 0 spiro atoms. The lowest BCUT2D eigenvalue weighted by Gasteiger charge is -2.12. The molecular formula is C16H23N5O2S. The zero-order valence-corrected chi connectivity index (χ0v) is 14.7. The van der Waals surface area contributed by atoms with Gasteiger partial charge in [-0.25, -0.2) is 18.5 Å². The van der Waals surface area contributed by atoms with E-state index in [1.165, 1.54) is 12.1 Å². The van der Waals surface area contributed by atoms with Crippen molar-refractivity contribution in [2.45, 2.75) is 37.6 Å². The van der Waals surface area contributed by atoms with Gasteiger partial charge in [0.15, 0.2) is 0 Å². The van der Waals surface area contributed by atoms with E-state index in [2.05, 4.69) is 34.4 Å². The van der Waals surface area contributed by atoms with Gasteiger partial charge in [-0.1, -0.05) is 19.1 Å². The molecule has 1 aromatic carbocycles. The molecule has 0 saturated carbocycles. The summed E-state index contributed by atoms with van der Waals surface area (Å²) in [6, 6.07) is 8.69. The van der Waals surface area contributed by atoms with Crippen molar-refractivity contribution in [2.75, 3.05) is 17.2 Å². The number of hydrogen-bond donors (Lipinski definition) is 3. The third-order valence-electron chi connectivity index (χ3n) is 3.62. The fraction of sp³-hybridized carbons (Fsp3) is 0.375. The van der Waals surface area contributed by atoms with Gasteiger partial charge in [0, 0.05) is 18.8 Å². The molecule has 1 atom stereocenters. The topological polar surface area (TPSA) is 110 Å². The van der Waals surface area contributed by atoms with Gasteiger partial charge in [0.05, 0.1) is 4.90 Å². The minimum atomic E-state index is -3.64. The summed E-state index contributed by atoms with van der Waals surface area (Å²) in [6.45, 7) is 4.85. The van der Waals surface area contributed by atoms with E-state index >= 15 is 0 Å². The van der Waals surface area contributed by atoms with E-state index in [9.17, 15) is 8.42 Å². The lowest BCUT2D eigenvalue weighted by atomic mass is 10.1. The molecule has 0 amide bonds. The normalized spacial score (nSPS) is 12.6. The summed E-state index contributed by atoms with van der Waals surface area (Å²) < 4.78 is 22.4. The van der Waals surface area contributed by atoms with Gasteiger partial charge in [-0.05, 0) is 43.5 Å². The van der Waals surface area contributed by atoms with Gasteiger partial charge >= 0.3 is 0 Å². The molecule has 1 heterocycles. The van der Waals surface area contributed by atoms with Gasteiger partial charge in [-0.3, -0.25) is 0 Å². The third-order valence-corrected chi connectivity index (χ3v) is 4.54. The van der Waals surface area contributed by atoms with E-state index in [0.717, 1.165) is 24.2 Å². The predicted octanol–water partition coefficient (Wildman–Crippen LogP) is 1.99. The van der Waals surface area contributed by atoms with Gasteiger partial charge in [-0.15, -0.1) is 0 Å². The Morgan fingerprint density at radius 2 is 1.92 bits per heavy atom. The number of hydrogen-bond acceptors (Lipinski definition) is 6. The van der Waals surface area contributed by atoms with Crippen molar-refractivity contribution in [1.82, 2.24) is 9.97 Å². The Morgan fingerprint density at radius 3 is 2.54 bits per heavy atom. The largest absolute Gasteiger partial charge is 0.370 e. The first kappa shape index (κ1) is 18.2. The van der Waals surface area contributed by atoms with Gasteiger partial charge in [0.1, 0.15) is 5.82 Å². The molecule has 1 aromatic heterocycles. The average Bonchev–Trinajstić information content (AvgIpc) is 2.55. The zero-order valence-electron chi connectivity index (χ0n) is 13.9. The molecule has 0 saturated heterocycles. The summed E-state index contributed by atoms with van der Waals surface area (Å²) in [5.74, 6) is 1.35. The first-order chi connectivity index (χ1) is 11.4. The maximum absolute atomic E-state index is 11.2. The molecular weight excluding hydrogens is 326 g/mol. The summed E-state index contributed by atoms with van der Waals surface area (Å²) in [6.07, 6.45) is 3.44. The van der Waals surface area contributed by atoms with Crippen LogP contribution in [0, 0.1) is 0 Å². The summed E-state index contributed by atoms with van der Waals surface area (Å²) in [5.41, 5.74) is 1.02. The van der Waals surface area contributed by atoms with Crippen LogP contribution in [0.25, 0.3) is 0 Å². The van der Waals surface area contributed by atoms with Crippen LogP contribution >= 0.6 is 0 Å². The van der Waals surface area contributed by atoms with E-state index in [4.69, 9.17) is 5.14 Å². The Labute approximate surface area is 142 Å². The van der Waals surface area contributed by atoms with Crippen LogP contribution in [0.1, 0.15) is 25.8 Å². The molecule has 24 heavy (non-hydrogen) atoms. The van der Waals surface area contributed by atoms with Gasteiger partial charge in [-0.2, -0.15) is 4.98 Å². The van der Waals surface area contributed by atoms with Crippen LogP contribution in [-0.4, -0.2) is 31.0 Å². The number of nitrogens with two attached hydrogens (primary N) is 1. The van der Waals surface area contributed by atoms with E-state index < -0.39 is 10.0 Å². The number of primary sulfonamides is 1. The molecule has 0 aliphatic rings. The second-order valence-corrected chi connectivity index (χ2v) is 7.15. The number of sulfonamides is 1. The Balaban J connectivity index is 1.89. The highest BCUT2D eigenvalue weighted by molar-refractivity contribution is 7.89.